The van der Waals surface area contributed by atoms with E-state index in [1.54, 1.807) is 0 Å². The average Bonchev–Trinajstić information content (AvgIpc) is 2.83. The number of hydrogen-bond donors (Lipinski definition) is 3. The second kappa shape index (κ2) is 23.3. The van der Waals surface area contributed by atoms with E-state index in [9.17, 15) is 9.59 Å². The summed E-state index contributed by atoms with van der Waals surface area (Å²) < 4.78 is 10.6. The summed E-state index contributed by atoms with van der Waals surface area (Å²) in [5.41, 5.74) is 0.796. The Hall–Kier alpha value is -2.12. The Morgan fingerprint density at radius 3 is 2.06 bits per heavy atom. The van der Waals surface area contributed by atoms with Crippen molar-refractivity contribution >= 4 is 12.0 Å². The summed E-state index contributed by atoms with van der Waals surface area (Å²) in [5.74, 6) is 0.0434. The molecule has 0 atom stereocenters. The molecule has 0 bridgehead atoms. The van der Waals surface area contributed by atoms with E-state index in [2.05, 4.69) is 29.8 Å². The van der Waals surface area contributed by atoms with Crippen LogP contribution in [0.3, 0.4) is 0 Å². The number of unbranched alkanes of at least 4 members (excludes halogenated alkanes) is 6. The fourth-order valence-electron chi connectivity index (χ4n) is 3.15. The van der Waals surface area contributed by atoms with Gasteiger partial charge in [0.25, 0.3) is 0 Å². The Bertz CT molecular complexity index is 648. The highest BCUT2D eigenvalue weighted by Gasteiger charge is 2.15. The number of amides is 2. The lowest BCUT2D eigenvalue weighted by molar-refractivity contribution is -0.120. The standard InChI is InChI=1S/C20H34N2O2.C9H19NO2/c1-2-3-4-5-6-10-15-24-16-11-14-22-20(23)18-21-17-19-12-8-7-9-13-19;1-5-6-7-10-8(11)12-9(2,3)4/h7-9,12-13,21H,2-6,10-11,14-18H2,1H3,(H,22,23);5-7H2,1-4H3,(H,10,11). The van der Waals surface area contributed by atoms with Crippen molar-refractivity contribution in [2.75, 3.05) is 32.8 Å². The lowest BCUT2D eigenvalue weighted by Gasteiger charge is -2.19. The number of carbonyl (C=O) groups excluding carboxylic acids is 2. The van der Waals surface area contributed by atoms with E-state index in [4.69, 9.17) is 9.47 Å². The molecule has 0 aromatic heterocycles. The van der Waals surface area contributed by atoms with Crippen molar-refractivity contribution in [3.05, 3.63) is 35.9 Å². The van der Waals surface area contributed by atoms with Crippen LogP contribution in [-0.4, -0.2) is 50.4 Å². The van der Waals surface area contributed by atoms with Gasteiger partial charge in [-0.15, -0.1) is 0 Å². The molecule has 0 aliphatic heterocycles. The van der Waals surface area contributed by atoms with Gasteiger partial charge in [-0.25, -0.2) is 4.79 Å². The molecule has 0 aliphatic carbocycles. The summed E-state index contributed by atoms with van der Waals surface area (Å²) >= 11 is 0. The van der Waals surface area contributed by atoms with Gasteiger partial charge in [0.05, 0.1) is 6.54 Å². The van der Waals surface area contributed by atoms with Crippen LogP contribution in [0.25, 0.3) is 0 Å². The summed E-state index contributed by atoms with van der Waals surface area (Å²) in [6, 6.07) is 10.1. The number of nitrogens with one attached hydrogen (secondary N) is 3. The Morgan fingerprint density at radius 1 is 0.778 bits per heavy atom. The molecule has 208 valence electrons. The van der Waals surface area contributed by atoms with Crippen molar-refractivity contribution in [3.8, 4) is 0 Å². The highest BCUT2D eigenvalue weighted by atomic mass is 16.6. The SMILES string of the molecule is CCCCCCCCOCCCNC(=O)CNCc1ccccc1.CCCCNC(=O)OC(C)(C)C. The number of alkyl carbamates (subject to hydrolysis) is 1. The molecule has 7 heteroatoms. The van der Waals surface area contributed by atoms with Crippen LogP contribution < -0.4 is 16.0 Å². The zero-order valence-corrected chi connectivity index (χ0v) is 23.6. The van der Waals surface area contributed by atoms with Gasteiger partial charge in [-0.2, -0.15) is 0 Å². The maximum Gasteiger partial charge on any atom is 0.407 e. The van der Waals surface area contributed by atoms with Crippen LogP contribution in [0.5, 0.6) is 0 Å². The first kappa shape index (κ1) is 33.9. The minimum atomic E-state index is -0.393. The van der Waals surface area contributed by atoms with Crippen molar-refractivity contribution in [3.63, 3.8) is 0 Å². The van der Waals surface area contributed by atoms with Crippen LogP contribution in [0, 0.1) is 0 Å². The number of benzene rings is 1. The molecule has 0 spiro atoms. The van der Waals surface area contributed by atoms with Crippen molar-refractivity contribution in [2.45, 2.75) is 105 Å². The van der Waals surface area contributed by atoms with Crippen molar-refractivity contribution in [2.24, 2.45) is 0 Å². The van der Waals surface area contributed by atoms with E-state index in [1.807, 2.05) is 51.1 Å². The second-order valence-corrected chi connectivity index (χ2v) is 9.96. The maximum absolute atomic E-state index is 11.7. The molecule has 0 aliphatic rings. The minimum absolute atomic E-state index is 0.0434. The monoisotopic (exact) mass is 507 g/mol. The number of carbonyl (C=O) groups is 2. The molecule has 1 aromatic rings. The largest absolute Gasteiger partial charge is 0.444 e. The van der Waals surface area contributed by atoms with Crippen LogP contribution in [-0.2, 0) is 20.8 Å². The number of ether oxygens (including phenoxy) is 2. The molecule has 0 saturated heterocycles. The summed E-state index contributed by atoms with van der Waals surface area (Å²) in [4.78, 5) is 22.7. The van der Waals surface area contributed by atoms with Gasteiger partial charge in [0.1, 0.15) is 5.60 Å². The third-order valence-corrected chi connectivity index (χ3v) is 5.09. The van der Waals surface area contributed by atoms with Gasteiger partial charge >= 0.3 is 6.09 Å². The first-order valence-electron chi connectivity index (χ1n) is 13.8. The van der Waals surface area contributed by atoms with E-state index in [0.29, 0.717) is 19.6 Å². The Kier molecular flexibility index (Phi) is 21.9. The fourth-order valence-corrected chi connectivity index (χ4v) is 3.15. The highest BCUT2D eigenvalue weighted by Crippen LogP contribution is 2.06. The highest BCUT2D eigenvalue weighted by molar-refractivity contribution is 5.77. The van der Waals surface area contributed by atoms with Crippen molar-refractivity contribution in [1.82, 2.24) is 16.0 Å². The predicted octanol–water partition coefficient (Wildman–Crippen LogP) is 5.97. The molecule has 1 rings (SSSR count). The summed E-state index contributed by atoms with van der Waals surface area (Å²) in [6.45, 7) is 13.9. The third kappa shape index (κ3) is 25.0. The second-order valence-electron chi connectivity index (χ2n) is 9.96. The van der Waals surface area contributed by atoms with E-state index in [-0.39, 0.29) is 12.0 Å². The van der Waals surface area contributed by atoms with Gasteiger partial charge in [-0.3, -0.25) is 4.79 Å². The van der Waals surface area contributed by atoms with E-state index in [0.717, 1.165) is 45.4 Å². The van der Waals surface area contributed by atoms with Crippen molar-refractivity contribution < 1.29 is 19.1 Å². The minimum Gasteiger partial charge on any atom is -0.444 e. The molecule has 0 unspecified atom stereocenters. The van der Waals surface area contributed by atoms with E-state index >= 15 is 0 Å². The smallest absolute Gasteiger partial charge is 0.407 e. The van der Waals surface area contributed by atoms with Gasteiger partial charge in [0, 0.05) is 32.8 Å². The fraction of sp³-hybridized carbons (Fsp3) is 0.724. The Balaban J connectivity index is 0.000000860. The molecule has 2 amide bonds. The van der Waals surface area contributed by atoms with Crippen LogP contribution in [0.2, 0.25) is 0 Å². The summed E-state index contributed by atoms with van der Waals surface area (Å²) in [5, 5.41) is 8.74. The quantitative estimate of drug-likeness (QED) is 0.213. The predicted molar refractivity (Wildman–Crippen MR) is 149 cm³/mol. The number of rotatable bonds is 18. The topological polar surface area (TPSA) is 88.7 Å². The van der Waals surface area contributed by atoms with Crippen LogP contribution >= 0.6 is 0 Å². The van der Waals surface area contributed by atoms with Gasteiger partial charge in [0.2, 0.25) is 5.91 Å². The van der Waals surface area contributed by atoms with Gasteiger partial charge in [0.15, 0.2) is 0 Å². The molecule has 7 nitrogen and oxygen atoms in total. The van der Waals surface area contributed by atoms with Gasteiger partial charge in [-0.05, 0) is 45.6 Å². The van der Waals surface area contributed by atoms with Crippen LogP contribution in [0.4, 0.5) is 4.79 Å². The molecule has 3 N–H and O–H groups in total. The summed E-state index contributed by atoms with van der Waals surface area (Å²) in [6.07, 6.45) is 10.4. The molecule has 36 heavy (non-hydrogen) atoms. The summed E-state index contributed by atoms with van der Waals surface area (Å²) in [7, 11) is 0. The lowest BCUT2D eigenvalue weighted by atomic mass is 10.1. The maximum atomic E-state index is 11.7. The van der Waals surface area contributed by atoms with E-state index < -0.39 is 5.60 Å². The molecular weight excluding hydrogens is 454 g/mol. The molecule has 1 aromatic carbocycles. The third-order valence-electron chi connectivity index (χ3n) is 5.09. The van der Waals surface area contributed by atoms with Gasteiger partial charge < -0.3 is 25.4 Å². The van der Waals surface area contributed by atoms with Crippen molar-refractivity contribution in [1.29, 1.82) is 0 Å². The normalized spacial score (nSPS) is 10.8. The molecule has 0 radical (unpaired) electrons. The van der Waals surface area contributed by atoms with E-state index in [1.165, 1.54) is 37.7 Å². The zero-order chi connectivity index (χ0) is 26.9. The molecule has 0 saturated carbocycles. The first-order chi connectivity index (χ1) is 17.3. The van der Waals surface area contributed by atoms with Crippen LogP contribution in [0.1, 0.15) is 98.0 Å². The van der Waals surface area contributed by atoms with Gasteiger partial charge in [-0.1, -0.05) is 82.7 Å². The van der Waals surface area contributed by atoms with Crippen LogP contribution in [0.15, 0.2) is 30.3 Å². The lowest BCUT2D eigenvalue weighted by Crippen LogP contribution is -2.34. The average molecular weight is 508 g/mol. The molecule has 0 heterocycles. The first-order valence-corrected chi connectivity index (χ1v) is 13.8. The Morgan fingerprint density at radius 2 is 1.39 bits per heavy atom. The molecule has 0 fully saturated rings. The number of hydrogen-bond acceptors (Lipinski definition) is 5. The zero-order valence-electron chi connectivity index (χ0n) is 23.6. The Labute approximate surface area is 220 Å². The molecular formula is C29H53N3O4.